The van der Waals surface area contributed by atoms with Crippen molar-refractivity contribution in [2.24, 2.45) is 11.7 Å². The number of carboxylic acids is 1. The molecule has 0 spiro atoms. The SMILES string of the molecule is CC(C)C[C@H](N)c1cc(C(=O)O)cc(F)c1O.Cl. The first kappa shape index (κ1) is 16.7. The van der Waals surface area contributed by atoms with E-state index in [1.54, 1.807) is 0 Å². The summed E-state index contributed by atoms with van der Waals surface area (Å²) < 4.78 is 13.3. The van der Waals surface area contributed by atoms with Crippen LogP contribution in [0.3, 0.4) is 0 Å². The molecule has 0 saturated carbocycles. The second kappa shape index (κ2) is 6.56. The van der Waals surface area contributed by atoms with Crippen LogP contribution < -0.4 is 5.73 Å². The molecule has 1 aromatic carbocycles. The number of hydrogen-bond acceptors (Lipinski definition) is 3. The fraction of sp³-hybridized carbons (Fsp3) is 0.417. The highest BCUT2D eigenvalue weighted by Gasteiger charge is 2.19. The maximum absolute atomic E-state index is 13.3. The molecule has 6 heteroatoms. The topological polar surface area (TPSA) is 83.6 Å². The molecule has 1 aromatic rings. The third-order valence-electron chi connectivity index (χ3n) is 2.46. The van der Waals surface area contributed by atoms with Crippen molar-refractivity contribution in [2.45, 2.75) is 26.3 Å². The van der Waals surface area contributed by atoms with Gasteiger partial charge < -0.3 is 15.9 Å². The minimum absolute atomic E-state index is 0. The molecular weight excluding hydrogens is 261 g/mol. The highest BCUT2D eigenvalue weighted by Crippen LogP contribution is 2.30. The van der Waals surface area contributed by atoms with E-state index in [9.17, 15) is 14.3 Å². The number of carbonyl (C=O) groups is 1. The first-order valence-corrected chi connectivity index (χ1v) is 5.34. The van der Waals surface area contributed by atoms with Gasteiger partial charge >= 0.3 is 5.97 Å². The summed E-state index contributed by atoms with van der Waals surface area (Å²) in [4.78, 5) is 10.8. The Morgan fingerprint density at radius 1 is 1.44 bits per heavy atom. The van der Waals surface area contributed by atoms with Crippen LogP contribution in [0.25, 0.3) is 0 Å². The molecule has 102 valence electrons. The molecule has 0 aliphatic carbocycles. The van der Waals surface area contributed by atoms with Crippen LogP contribution in [0.1, 0.15) is 42.2 Å². The van der Waals surface area contributed by atoms with Crippen molar-refractivity contribution in [2.75, 3.05) is 0 Å². The molecule has 0 aliphatic rings. The van der Waals surface area contributed by atoms with Gasteiger partial charge in [0.2, 0.25) is 0 Å². The zero-order chi connectivity index (χ0) is 13.2. The third kappa shape index (κ3) is 3.85. The number of benzene rings is 1. The number of phenolic OH excluding ortho intramolecular Hbond substituents is 1. The van der Waals surface area contributed by atoms with Gasteiger partial charge in [-0.05, 0) is 24.5 Å². The largest absolute Gasteiger partial charge is 0.505 e. The number of aromatic hydroxyl groups is 1. The van der Waals surface area contributed by atoms with Gasteiger partial charge in [0.1, 0.15) is 0 Å². The molecule has 0 amide bonds. The van der Waals surface area contributed by atoms with Gasteiger partial charge in [-0.3, -0.25) is 0 Å². The molecule has 0 aliphatic heterocycles. The fourth-order valence-electron chi connectivity index (χ4n) is 1.66. The van der Waals surface area contributed by atoms with E-state index < -0.39 is 23.6 Å². The molecule has 18 heavy (non-hydrogen) atoms. The lowest BCUT2D eigenvalue weighted by Crippen LogP contribution is -2.14. The Balaban J connectivity index is 0.00000289. The van der Waals surface area contributed by atoms with E-state index in [4.69, 9.17) is 10.8 Å². The van der Waals surface area contributed by atoms with Crippen LogP contribution in [0, 0.1) is 11.7 Å². The molecule has 0 fully saturated rings. The first-order valence-electron chi connectivity index (χ1n) is 5.34. The minimum Gasteiger partial charge on any atom is -0.505 e. The predicted octanol–water partition coefficient (Wildman–Crippen LogP) is 2.70. The second-order valence-corrected chi connectivity index (χ2v) is 4.44. The number of hydrogen-bond donors (Lipinski definition) is 3. The summed E-state index contributed by atoms with van der Waals surface area (Å²) in [5.74, 6) is -2.51. The van der Waals surface area contributed by atoms with Crippen LogP contribution in [-0.4, -0.2) is 16.2 Å². The summed E-state index contributed by atoms with van der Waals surface area (Å²) in [6.45, 7) is 3.88. The molecule has 4 nitrogen and oxygen atoms in total. The quantitative estimate of drug-likeness (QED) is 0.790. The summed E-state index contributed by atoms with van der Waals surface area (Å²) in [5, 5.41) is 18.3. The smallest absolute Gasteiger partial charge is 0.335 e. The summed E-state index contributed by atoms with van der Waals surface area (Å²) in [5.41, 5.74) is 5.74. The van der Waals surface area contributed by atoms with Crippen molar-refractivity contribution < 1.29 is 19.4 Å². The first-order chi connectivity index (χ1) is 7.82. The number of halogens is 2. The standard InChI is InChI=1S/C12H16FNO3.ClH/c1-6(2)3-10(14)8-4-7(12(16)17)5-9(13)11(8)15;/h4-6,10,15H,3,14H2,1-2H3,(H,16,17);1H/t10-;/m0./s1. The third-order valence-corrected chi connectivity index (χ3v) is 2.46. The van der Waals surface area contributed by atoms with E-state index in [2.05, 4.69) is 0 Å². The zero-order valence-electron chi connectivity index (χ0n) is 10.2. The van der Waals surface area contributed by atoms with Gasteiger partial charge in [-0.1, -0.05) is 13.8 Å². The highest BCUT2D eigenvalue weighted by molar-refractivity contribution is 5.88. The van der Waals surface area contributed by atoms with Crippen LogP contribution in [0.4, 0.5) is 4.39 Å². The van der Waals surface area contributed by atoms with Crippen molar-refractivity contribution in [3.63, 3.8) is 0 Å². The normalized spacial score (nSPS) is 12.1. The molecule has 1 atom stereocenters. The van der Waals surface area contributed by atoms with Gasteiger partial charge in [0.05, 0.1) is 5.56 Å². The molecule has 0 radical (unpaired) electrons. The molecule has 0 heterocycles. The van der Waals surface area contributed by atoms with Gasteiger partial charge in [-0.25, -0.2) is 9.18 Å². The van der Waals surface area contributed by atoms with E-state index in [-0.39, 0.29) is 29.5 Å². The summed E-state index contributed by atoms with van der Waals surface area (Å²) in [6.07, 6.45) is 0.538. The fourth-order valence-corrected chi connectivity index (χ4v) is 1.66. The van der Waals surface area contributed by atoms with Gasteiger partial charge in [-0.15, -0.1) is 12.4 Å². The molecule has 4 N–H and O–H groups in total. The molecular formula is C12H17ClFNO3. The Kier molecular flexibility index (Phi) is 6.08. The van der Waals surface area contributed by atoms with Crippen LogP contribution in [0.15, 0.2) is 12.1 Å². The molecule has 0 bridgehead atoms. The van der Waals surface area contributed by atoms with Crippen molar-refractivity contribution in [3.05, 3.63) is 29.1 Å². The number of phenols is 1. The molecule has 0 unspecified atom stereocenters. The predicted molar refractivity (Wildman–Crippen MR) is 68.7 cm³/mol. The van der Waals surface area contributed by atoms with E-state index in [1.807, 2.05) is 13.8 Å². The van der Waals surface area contributed by atoms with Gasteiger partial charge in [0, 0.05) is 11.6 Å². The Labute approximate surface area is 111 Å². The summed E-state index contributed by atoms with van der Waals surface area (Å²) in [7, 11) is 0. The van der Waals surface area contributed by atoms with Crippen LogP contribution in [0.5, 0.6) is 5.75 Å². The van der Waals surface area contributed by atoms with Crippen molar-refractivity contribution in [3.8, 4) is 5.75 Å². The summed E-state index contributed by atoms with van der Waals surface area (Å²) in [6, 6.07) is 1.42. The average molecular weight is 278 g/mol. The van der Waals surface area contributed by atoms with Crippen LogP contribution in [-0.2, 0) is 0 Å². The zero-order valence-corrected chi connectivity index (χ0v) is 11.0. The minimum atomic E-state index is -1.25. The lowest BCUT2D eigenvalue weighted by Gasteiger charge is -2.16. The summed E-state index contributed by atoms with van der Waals surface area (Å²) >= 11 is 0. The van der Waals surface area contributed by atoms with Crippen molar-refractivity contribution in [1.82, 2.24) is 0 Å². The lowest BCUT2D eigenvalue weighted by molar-refractivity contribution is 0.0696. The highest BCUT2D eigenvalue weighted by atomic mass is 35.5. The van der Waals surface area contributed by atoms with Gasteiger partial charge in [-0.2, -0.15) is 0 Å². The van der Waals surface area contributed by atoms with Crippen LogP contribution in [0.2, 0.25) is 0 Å². The number of carboxylic acid groups (broad SMARTS) is 1. The number of nitrogens with two attached hydrogens (primary N) is 1. The Bertz CT molecular complexity index is 438. The van der Waals surface area contributed by atoms with Crippen molar-refractivity contribution in [1.29, 1.82) is 0 Å². The second-order valence-electron chi connectivity index (χ2n) is 4.44. The monoisotopic (exact) mass is 277 g/mol. The van der Waals surface area contributed by atoms with E-state index in [1.165, 1.54) is 6.07 Å². The van der Waals surface area contributed by atoms with Crippen LogP contribution >= 0.6 is 12.4 Å². The van der Waals surface area contributed by atoms with E-state index >= 15 is 0 Å². The Morgan fingerprint density at radius 2 is 2.00 bits per heavy atom. The molecule has 0 aromatic heterocycles. The Hall–Kier alpha value is -1.33. The maximum atomic E-state index is 13.3. The number of aromatic carboxylic acids is 1. The average Bonchev–Trinajstić information content (AvgIpc) is 2.20. The molecule has 0 saturated heterocycles. The lowest BCUT2D eigenvalue weighted by atomic mass is 9.95. The number of rotatable bonds is 4. The Morgan fingerprint density at radius 3 is 2.44 bits per heavy atom. The van der Waals surface area contributed by atoms with Crippen molar-refractivity contribution >= 4 is 18.4 Å². The van der Waals surface area contributed by atoms with Gasteiger partial charge in [0.25, 0.3) is 0 Å². The molecule has 1 rings (SSSR count). The van der Waals surface area contributed by atoms with E-state index in [0.29, 0.717) is 6.42 Å². The van der Waals surface area contributed by atoms with E-state index in [0.717, 1.165) is 6.07 Å². The van der Waals surface area contributed by atoms with Gasteiger partial charge in [0.15, 0.2) is 11.6 Å². The maximum Gasteiger partial charge on any atom is 0.335 e.